The van der Waals surface area contributed by atoms with Gasteiger partial charge in [-0.3, -0.25) is 4.90 Å². The van der Waals surface area contributed by atoms with Crippen molar-refractivity contribution in [2.75, 3.05) is 37.1 Å². The first-order valence-electron chi connectivity index (χ1n) is 14.7. The van der Waals surface area contributed by atoms with Gasteiger partial charge in [-0.1, -0.05) is 26.0 Å². The number of fused-ring (bicyclic) bond motifs is 1. The second-order valence-electron chi connectivity index (χ2n) is 10.9. The molecular weight excluding hydrogens is 528 g/mol. The zero-order chi connectivity index (χ0) is 29.4. The molecule has 42 heavy (non-hydrogen) atoms. The second-order valence-corrected chi connectivity index (χ2v) is 10.9. The maximum absolute atomic E-state index is 13.4. The van der Waals surface area contributed by atoms with Gasteiger partial charge in [0.2, 0.25) is 0 Å². The smallest absolute Gasteiger partial charge is 0.326 e. The summed E-state index contributed by atoms with van der Waals surface area (Å²) < 4.78 is 12.6. The van der Waals surface area contributed by atoms with E-state index in [-0.39, 0.29) is 12.1 Å². The molecule has 218 valence electrons. The van der Waals surface area contributed by atoms with Crippen LogP contribution in [0.3, 0.4) is 0 Å². The van der Waals surface area contributed by atoms with Gasteiger partial charge in [-0.15, -0.1) is 5.10 Å². The SMILES string of the molecule is CCc1cc(-n2ccc(N3CCN(Cc4ccc(OC)cc4)C3=O)n2)c2c(n1)N(c1ccc(OC)cc1C)C(CC)C2. The number of methoxy groups -OCH3 is 2. The van der Waals surface area contributed by atoms with Gasteiger partial charge in [0.1, 0.15) is 17.3 Å². The molecule has 0 saturated carbocycles. The molecule has 0 aliphatic carbocycles. The van der Waals surface area contributed by atoms with Crippen LogP contribution in [0.4, 0.5) is 22.1 Å². The number of urea groups is 1. The van der Waals surface area contributed by atoms with Crippen molar-refractivity contribution in [3.63, 3.8) is 0 Å². The highest BCUT2D eigenvalue weighted by molar-refractivity contribution is 5.93. The first-order valence-corrected chi connectivity index (χ1v) is 14.7. The lowest BCUT2D eigenvalue weighted by Crippen LogP contribution is -2.31. The standard InChI is InChI=1S/C33H38N6O3/c1-6-24-19-30(28-20-25(7-2)39(32(28)34-24)29-13-12-27(42-5)18-22(29)3)38-15-14-31(35-38)37-17-16-36(33(37)40)21-23-8-10-26(41-4)11-9-23/h8-15,18-19,25H,6-7,16-17,20-21H2,1-5H3. The minimum Gasteiger partial charge on any atom is -0.497 e. The van der Waals surface area contributed by atoms with Crippen LogP contribution in [0.1, 0.15) is 42.7 Å². The third-order valence-electron chi connectivity index (χ3n) is 8.39. The average Bonchev–Trinajstić information content (AvgIpc) is 3.74. The van der Waals surface area contributed by atoms with Crippen LogP contribution in [-0.4, -0.2) is 59.0 Å². The summed E-state index contributed by atoms with van der Waals surface area (Å²) >= 11 is 0. The molecule has 4 aromatic rings. The third kappa shape index (κ3) is 4.93. The van der Waals surface area contributed by atoms with Crippen LogP contribution in [0.15, 0.2) is 60.8 Å². The topological polar surface area (TPSA) is 76.0 Å². The van der Waals surface area contributed by atoms with Crippen LogP contribution in [0.5, 0.6) is 11.5 Å². The van der Waals surface area contributed by atoms with Crippen LogP contribution in [0.2, 0.25) is 0 Å². The summed E-state index contributed by atoms with van der Waals surface area (Å²) in [5, 5.41) is 4.93. The molecule has 2 aliphatic heterocycles. The molecule has 4 heterocycles. The number of rotatable bonds is 9. The van der Waals surface area contributed by atoms with Crippen LogP contribution in [0.25, 0.3) is 5.69 Å². The lowest BCUT2D eigenvalue weighted by atomic mass is 10.1. The molecule has 1 saturated heterocycles. The Hall–Kier alpha value is -4.53. The van der Waals surface area contributed by atoms with Crippen molar-refractivity contribution in [1.82, 2.24) is 19.7 Å². The minimum absolute atomic E-state index is 0.0301. The molecule has 1 unspecified atom stereocenters. The van der Waals surface area contributed by atoms with E-state index in [4.69, 9.17) is 19.6 Å². The average molecular weight is 567 g/mol. The predicted octanol–water partition coefficient (Wildman–Crippen LogP) is 6.07. The highest BCUT2D eigenvalue weighted by Gasteiger charge is 2.35. The van der Waals surface area contributed by atoms with Gasteiger partial charge in [-0.05, 0) is 73.7 Å². The fourth-order valence-corrected chi connectivity index (χ4v) is 6.02. The van der Waals surface area contributed by atoms with Crippen molar-refractivity contribution in [1.29, 1.82) is 0 Å². The normalized spacial score (nSPS) is 16.4. The molecule has 9 heteroatoms. The van der Waals surface area contributed by atoms with Crippen molar-refractivity contribution in [2.24, 2.45) is 0 Å². The van der Waals surface area contributed by atoms with Crippen molar-refractivity contribution in [2.45, 2.75) is 52.6 Å². The third-order valence-corrected chi connectivity index (χ3v) is 8.39. The number of amides is 2. The van der Waals surface area contributed by atoms with Crippen molar-refractivity contribution in [3.8, 4) is 17.2 Å². The maximum atomic E-state index is 13.4. The van der Waals surface area contributed by atoms with E-state index in [2.05, 4.69) is 43.9 Å². The Kier molecular flexibility index (Phi) is 7.49. The second kappa shape index (κ2) is 11.4. The van der Waals surface area contributed by atoms with Crippen LogP contribution in [-0.2, 0) is 19.4 Å². The van der Waals surface area contributed by atoms with E-state index in [9.17, 15) is 4.79 Å². The Balaban J connectivity index is 1.29. The van der Waals surface area contributed by atoms with E-state index in [0.29, 0.717) is 25.5 Å². The molecule has 6 rings (SSSR count). The summed E-state index contributed by atoms with van der Waals surface area (Å²) in [6, 6.07) is 18.4. The van der Waals surface area contributed by atoms with E-state index in [1.165, 1.54) is 5.56 Å². The number of nitrogens with zero attached hydrogens (tertiary/aromatic N) is 6. The summed E-state index contributed by atoms with van der Waals surface area (Å²) in [6.07, 6.45) is 4.63. The Morgan fingerprint density at radius 3 is 2.38 bits per heavy atom. The van der Waals surface area contributed by atoms with Gasteiger partial charge in [-0.25, -0.2) is 14.5 Å². The number of hydrogen-bond acceptors (Lipinski definition) is 6. The molecular formula is C33H38N6O3. The molecule has 0 radical (unpaired) electrons. The molecule has 2 aromatic heterocycles. The number of pyridine rings is 1. The molecule has 2 aromatic carbocycles. The van der Waals surface area contributed by atoms with Gasteiger partial charge in [0.25, 0.3) is 0 Å². The summed E-state index contributed by atoms with van der Waals surface area (Å²) in [6.45, 7) is 8.28. The fraction of sp³-hybridized carbons (Fsp3) is 0.364. The summed E-state index contributed by atoms with van der Waals surface area (Å²) in [5.74, 6) is 3.31. The number of hydrogen-bond donors (Lipinski definition) is 0. The molecule has 1 atom stereocenters. The largest absolute Gasteiger partial charge is 0.497 e. The van der Waals surface area contributed by atoms with E-state index < -0.39 is 0 Å². The van der Waals surface area contributed by atoms with Gasteiger partial charge >= 0.3 is 6.03 Å². The number of carbonyl (C=O) groups excluding carboxylic acids is 1. The van der Waals surface area contributed by atoms with E-state index in [0.717, 1.165) is 64.8 Å². The molecule has 0 bridgehead atoms. The first-order chi connectivity index (χ1) is 20.4. The first kappa shape index (κ1) is 27.6. The van der Waals surface area contributed by atoms with Crippen LogP contribution in [0, 0.1) is 6.92 Å². The summed E-state index contributed by atoms with van der Waals surface area (Å²) in [4.78, 5) is 24.5. The van der Waals surface area contributed by atoms with E-state index in [1.807, 2.05) is 52.2 Å². The number of carbonyl (C=O) groups is 1. The number of benzene rings is 2. The van der Waals surface area contributed by atoms with Crippen molar-refractivity contribution in [3.05, 3.63) is 83.2 Å². The molecule has 9 nitrogen and oxygen atoms in total. The molecule has 0 spiro atoms. The van der Waals surface area contributed by atoms with Gasteiger partial charge in [-0.2, -0.15) is 0 Å². The Labute approximate surface area is 247 Å². The van der Waals surface area contributed by atoms with E-state index >= 15 is 0 Å². The van der Waals surface area contributed by atoms with Gasteiger partial charge in [0.05, 0.1) is 19.9 Å². The minimum atomic E-state index is -0.0301. The zero-order valence-corrected chi connectivity index (χ0v) is 25.0. The number of ether oxygens (including phenoxy) is 2. The van der Waals surface area contributed by atoms with Gasteiger partial charge < -0.3 is 19.3 Å². The summed E-state index contributed by atoms with van der Waals surface area (Å²) in [7, 11) is 3.35. The number of aromatic nitrogens is 3. The Morgan fingerprint density at radius 2 is 1.69 bits per heavy atom. The highest BCUT2D eigenvalue weighted by Crippen LogP contribution is 2.43. The zero-order valence-electron chi connectivity index (χ0n) is 25.0. The van der Waals surface area contributed by atoms with Crippen molar-refractivity contribution < 1.29 is 14.3 Å². The summed E-state index contributed by atoms with van der Waals surface area (Å²) in [5.41, 5.74) is 6.58. The number of aryl methyl sites for hydroxylation is 2. The van der Waals surface area contributed by atoms with Gasteiger partial charge in [0.15, 0.2) is 5.82 Å². The monoisotopic (exact) mass is 566 g/mol. The lowest BCUT2D eigenvalue weighted by molar-refractivity contribution is 0.218. The van der Waals surface area contributed by atoms with Crippen molar-refractivity contribution >= 4 is 23.4 Å². The lowest BCUT2D eigenvalue weighted by Gasteiger charge is -2.28. The molecule has 0 N–H and O–H groups in total. The molecule has 2 aliphatic rings. The molecule has 2 amide bonds. The maximum Gasteiger partial charge on any atom is 0.326 e. The Bertz CT molecular complexity index is 1600. The molecule has 1 fully saturated rings. The number of anilines is 3. The quantitative estimate of drug-likeness (QED) is 0.245. The van der Waals surface area contributed by atoms with Crippen LogP contribution >= 0.6 is 0 Å². The van der Waals surface area contributed by atoms with Crippen LogP contribution < -0.4 is 19.3 Å². The fourth-order valence-electron chi connectivity index (χ4n) is 6.02. The highest BCUT2D eigenvalue weighted by atomic mass is 16.5. The van der Waals surface area contributed by atoms with E-state index in [1.54, 1.807) is 19.1 Å². The Morgan fingerprint density at radius 1 is 0.929 bits per heavy atom. The van der Waals surface area contributed by atoms with Gasteiger partial charge in [0, 0.05) is 54.9 Å². The predicted molar refractivity (Wildman–Crippen MR) is 165 cm³/mol.